The van der Waals surface area contributed by atoms with Gasteiger partial charge in [-0.15, -0.1) is 0 Å². The highest BCUT2D eigenvalue weighted by molar-refractivity contribution is 9.10. The summed E-state index contributed by atoms with van der Waals surface area (Å²) in [4.78, 5) is 4.42. The van der Waals surface area contributed by atoms with Crippen molar-refractivity contribution in [2.45, 2.75) is 0 Å². The van der Waals surface area contributed by atoms with Gasteiger partial charge in [0.25, 0.3) is 0 Å². The zero-order valence-corrected chi connectivity index (χ0v) is 12.8. The van der Waals surface area contributed by atoms with Crippen LogP contribution in [-0.2, 0) is 0 Å². The molecule has 1 heterocycles. The van der Waals surface area contributed by atoms with Crippen LogP contribution in [0.25, 0.3) is 22.0 Å². The van der Waals surface area contributed by atoms with Crippen LogP contribution < -0.4 is 0 Å². The van der Waals surface area contributed by atoms with Gasteiger partial charge in [0.2, 0.25) is 0 Å². The summed E-state index contributed by atoms with van der Waals surface area (Å²) in [6.45, 7) is 0. The Balaban J connectivity index is 2.22. The lowest BCUT2D eigenvalue weighted by molar-refractivity contribution is 1.41. The van der Waals surface area contributed by atoms with Gasteiger partial charge in [0.1, 0.15) is 0 Å². The summed E-state index contributed by atoms with van der Waals surface area (Å²) >= 11 is 15.9. The number of hydrogen-bond donors (Lipinski definition) is 0. The lowest BCUT2D eigenvalue weighted by atomic mass is 10.1. The fraction of sp³-hybridized carbons (Fsp3) is 0. The van der Waals surface area contributed by atoms with Crippen molar-refractivity contribution in [3.8, 4) is 11.1 Å². The Kier molecular flexibility index (Phi) is 3.48. The van der Waals surface area contributed by atoms with Gasteiger partial charge in [-0.25, -0.2) is 0 Å². The van der Waals surface area contributed by atoms with Crippen molar-refractivity contribution in [1.82, 2.24) is 4.98 Å². The van der Waals surface area contributed by atoms with Gasteiger partial charge in [-0.1, -0.05) is 51.3 Å². The number of hydrogen-bond acceptors (Lipinski definition) is 1. The largest absolute Gasteiger partial charge is 0.255 e. The van der Waals surface area contributed by atoms with Crippen LogP contribution in [0.5, 0.6) is 0 Å². The molecule has 0 bridgehead atoms. The first-order valence-corrected chi connectivity index (χ1v) is 7.20. The van der Waals surface area contributed by atoms with Gasteiger partial charge in [0.15, 0.2) is 0 Å². The number of pyridine rings is 1. The molecule has 0 N–H and O–H groups in total. The van der Waals surface area contributed by atoms with Crippen LogP contribution in [-0.4, -0.2) is 4.98 Å². The zero-order chi connectivity index (χ0) is 13.4. The summed E-state index contributed by atoms with van der Waals surface area (Å²) in [6, 6.07) is 13.5. The molecule has 0 radical (unpaired) electrons. The topological polar surface area (TPSA) is 12.9 Å². The molecular formula is C15H8BrCl2N. The van der Waals surface area contributed by atoms with E-state index < -0.39 is 0 Å². The maximum Gasteiger partial charge on any atom is 0.0732 e. The molecule has 0 aliphatic carbocycles. The van der Waals surface area contributed by atoms with Crippen molar-refractivity contribution >= 4 is 50.0 Å². The quantitative estimate of drug-likeness (QED) is 0.525. The van der Waals surface area contributed by atoms with Gasteiger partial charge in [0.05, 0.1) is 10.5 Å². The van der Waals surface area contributed by atoms with E-state index in [9.17, 15) is 0 Å². The minimum atomic E-state index is 0.660. The third-order valence-corrected chi connectivity index (χ3v) is 4.09. The zero-order valence-electron chi connectivity index (χ0n) is 9.70. The molecule has 0 spiro atoms. The van der Waals surface area contributed by atoms with Crippen molar-refractivity contribution in [3.63, 3.8) is 0 Å². The first kappa shape index (κ1) is 12.9. The van der Waals surface area contributed by atoms with Gasteiger partial charge in [-0.2, -0.15) is 0 Å². The monoisotopic (exact) mass is 351 g/mol. The van der Waals surface area contributed by atoms with Crippen LogP contribution in [0.15, 0.2) is 53.1 Å². The summed E-state index contributed by atoms with van der Waals surface area (Å²) in [7, 11) is 0. The molecular weight excluding hydrogens is 345 g/mol. The van der Waals surface area contributed by atoms with Crippen LogP contribution in [0, 0.1) is 0 Å². The Labute approximate surface area is 129 Å². The van der Waals surface area contributed by atoms with Gasteiger partial charge < -0.3 is 0 Å². The van der Waals surface area contributed by atoms with E-state index in [1.54, 1.807) is 6.20 Å². The van der Waals surface area contributed by atoms with E-state index in [4.69, 9.17) is 23.2 Å². The third kappa shape index (κ3) is 2.48. The fourth-order valence-electron chi connectivity index (χ4n) is 1.96. The highest BCUT2D eigenvalue weighted by atomic mass is 79.9. The van der Waals surface area contributed by atoms with Crippen molar-refractivity contribution in [3.05, 3.63) is 63.2 Å². The standard InChI is InChI=1S/C15H8BrCl2N/c16-10-3-1-9(2-4-10)13-8-19-14-7-11(17)5-6-12(14)15(13)18/h1-8H. The molecule has 4 heteroatoms. The molecule has 0 amide bonds. The molecule has 19 heavy (non-hydrogen) atoms. The smallest absolute Gasteiger partial charge is 0.0732 e. The number of rotatable bonds is 1. The number of benzene rings is 2. The lowest BCUT2D eigenvalue weighted by Gasteiger charge is -2.07. The highest BCUT2D eigenvalue weighted by Crippen LogP contribution is 2.34. The van der Waals surface area contributed by atoms with Crippen LogP contribution in [0.3, 0.4) is 0 Å². The summed E-state index contributed by atoms with van der Waals surface area (Å²) in [5.41, 5.74) is 2.76. The Hall–Kier alpha value is -1.09. The predicted octanol–water partition coefficient (Wildman–Crippen LogP) is 5.97. The Morgan fingerprint density at radius 2 is 1.68 bits per heavy atom. The molecule has 0 fully saturated rings. The second-order valence-electron chi connectivity index (χ2n) is 4.15. The van der Waals surface area contributed by atoms with E-state index in [1.807, 2.05) is 42.5 Å². The summed E-state index contributed by atoms with van der Waals surface area (Å²) in [6.07, 6.45) is 1.78. The number of nitrogens with zero attached hydrogens (tertiary/aromatic N) is 1. The van der Waals surface area contributed by atoms with Crippen LogP contribution in [0.4, 0.5) is 0 Å². The van der Waals surface area contributed by atoms with Crippen LogP contribution >= 0.6 is 39.1 Å². The minimum absolute atomic E-state index is 0.660. The molecule has 94 valence electrons. The molecule has 0 aliphatic rings. The predicted molar refractivity (Wildman–Crippen MR) is 84.9 cm³/mol. The molecule has 0 atom stereocenters. The average Bonchev–Trinajstić information content (AvgIpc) is 2.40. The minimum Gasteiger partial charge on any atom is -0.255 e. The second-order valence-corrected chi connectivity index (χ2v) is 5.88. The second kappa shape index (κ2) is 5.12. The van der Waals surface area contributed by atoms with Crippen LogP contribution in [0.1, 0.15) is 0 Å². The van der Waals surface area contributed by atoms with E-state index in [-0.39, 0.29) is 0 Å². The Morgan fingerprint density at radius 1 is 0.947 bits per heavy atom. The van der Waals surface area contributed by atoms with E-state index in [0.29, 0.717) is 10.0 Å². The van der Waals surface area contributed by atoms with E-state index >= 15 is 0 Å². The average molecular weight is 353 g/mol. The SMILES string of the molecule is Clc1ccc2c(Cl)c(-c3ccc(Br)cc3)cnc2c1. The fourth-order valence-corrected chi connectivity index (χ4v) is 2.71. The van der Waals surface area contributed by atoms with E-state index in [2.05, 4.69) is 20.9 Å². The first-order valence-electron chi connectivity index (χ1n) is 5.65. The molecule has 0 unspecified atom stereocenters. The van der Waals surface area contributed by atoms with Gasteiger partial charge in [-0.05, 0) is 35.9 Å². The highest BCUT2D eigenvalue weighted by Gasteiger charge is 2.09. The molecule has 1 nitrogen and oxygen atoms in total. The van der Waals surface area contributed by atoms with Gasteiger partial charge >= 0.3 is 0 Å². The van der Waals surface area contributed by atoms with Crippen molar-refractivity contribution < 1.29 is 0 Å². The van der Waals surface area contributed by atoms with Gasteiger partial charge in [0, 0.05) is 26.6 Å². The van der Waals surface area contributed by atoms with E-state index in [1.165, 1.54) is 0 Å². The third-order valence-electron chi connectivity index (χ3n) is 2.92. The molecule has 0 saturated carbocycles. The number of fused-ring (bicyclic) bond motifs is 1. The Morgan fingerprint density at radius 3 is 2.42 bits per heavy atom. The normalized spacial score (nSPS) is 10.9. The molecule has 3 rings (SSSR count). The first-order chi connectivity index (χ1) is 9.15. The summed E-state index contributed by atoms with van der Waals surface area (Å²) in [5.74, 6) is 0. The Bertz CT molecular complexity index is 754. The lowest BCUT2D eigenvalue weighted by Crippen LogP contribution is -1.86. The van der Waals surface area contributed by atoms with E-state index in [0.717, 1.165) is 26.5 Å². The van der Waals surface area contributed by atoms with Gasteiger partial charge in [-0.3, -0.25) is 4.98 Å². The summed E-state index contributed by atoms with van der Waals surface area (Å²) in [5, 5.41) is 2.27. The molecule has 2 aromatic carbocycles. The molecule has 3 aromatic rings. The van der Waals surface area contributed by atoms with Crippen molar-refractivity contribution in [2.24, 2.45) is 0 Å². The summed E-state index contributed by atoms with van der Waals surface area (Å²) < 4.78 is 1.04. The molecule has 0 saturated heterocycles. The van der Waals surface area contributed by atoms with Crippen molar-refractivity contribution in [1.29, 1.82) is 0 Å². The maximum absolute atomic E-state index is 6.47. The number of aromatic nitrogens is 1. The maximum atomic E-state index is 6.47. The molecule has 1 aromatic heterocycles. The number of halogens is 3. The van der Waals surface area contributed by atoms with Crippen molar-refractivity contribution in [2.75, 3.05) is 0 Å². The van der Waals surface area contributed by atoms with Crippen LogP contribution in [0.2, 0.25) is 10.0 Å². The molecule has 0 aliphatic heterocycles.